The van der Waals surface area contributed by atoms with E-state index in [1.54, 1.807) is 7.11 Å². The molecule has 0 bridgehead atoms. The largest absolute Gasteiger partial charge is 0.497 e. The number of methoxy groups -OCH3 is 1. The molecular weight excluding hydrogens is 280 g/mol. The van der Waals surface area contributed by atoms with Crippen molar-refractivity contribution in [2.75, 3.05) is 13.7 Å². The summed E-state index contributed by atoms with van der Waals surface area (Å²) in [5, 5.41) is 0. The second kappa shape index (κ2) is 4.70. The summed E-state index contributed by atoms with van der Waals surface area (Å²) in [6, 6.07) is 7.88. The highest BCUT2D eigenvalue weighted by atomic mass is 17.3. The molecule has 0 saturated carbocycles. The third-order valence-corrected chi connectivity index (χ3v) is 5.26. The SMILES string of the molecule is COc1ccc(C23OCCC(C)(C)C2(C(C)(C)C)OO3)cc1. The monoisotopic (exact) mass is 306 g/mol. The van der Waals surface area contributed by atoms with Crippen LogP contribution in [0.2, 0.25) is 0 Å². The molecular formula is C18H26O4. The maximum atomic E-state index is 6.20. The molecule has 0 amide bonds. The highest BCUT2D eigenvalue weighted by molar-refractivity contribution is 5.35. The van der Waals surface area contributed by atoms with Crippen LogP contribution in [-0.2, 0) is 20.3 Å². The van der Waals surface area contributed by atoms with Gasteiger partial charge in [0, 0.05) is 16.4 Å². The van der Waals surface area contributed by atoms with Crippen LogP contribution in [0.25, 0.3) is 0 Å². The fourth-order valence-corrected chi connectivity index (χ4v) is 4.29. The lowest BCUT2D eigenvalue weighted by molar-refractivity contribution is -0.664. The molecule has 2 aliphatic rings. The Morgan fingerprint density at radius 1 is 1.05 bits per heavy atom. The van der Waals surface area contributed by atoms with Crippen LogP contribution in [0.3, 0.4) is 0 Å². The molecule has 0 aromatic heterocycles. The molecule has 2 aliphatic heterocycles. The lowest BCUT2D eigenvalue weighted by atomic mass is 9.53. The van der Waals surface area contributed by atoms with Crippen LogP contribution in [-0.4, -0.2) is 19.3 Å². The Kier molecular flexibility index (Phi) is 3.37. The van der Waals surface area contributed by atoms with Gasteiger partial charge in [-0.05, 0) is 30.7 Å². The summed E-state index contributed by atoms with van der Waals surface area (Å²) in [6.45, 7) is 11.7. The molecule has 3 rings (SSSR count). The molecule has 122 valence electrons. The fourth-order valence-electron chi connectivity index (χ4n) is 4.29. The van der Waals surface area contributed by atoms with Crippen LogP contribution in [0.15, 0.2) is 24.3 Å². The van der Waals surface area contributed by atoms with Gasteiger partial charge in [-0.25, -0.2) is 4.89 Å². The van der Waals surface area contributed by atoms with Gasteiger partial charge in [-0.2, -0.15) is 4.89 Å². The van der Waals surface area contributed by atoms with E-state index in [0.29, 0.717) is 6.61 Å². The van der Waals surface area contributed by atoms with Crippen molar-refractivity contribution in [2.45, 2.75) is 52.4 Å². The van der Waals surface area contributed by atoms with Crippen LogP contribution in [0.4, 0.5) is 0 Å². The molecule has 2 atom stereocenters. The molecule has 22 heavy (non-hydrogen) atoms. The first-order chi connectivity index (χ1) is 10.2. The van der Waals surface area contributed by atoms with Crippen molar-refractivity contribution >= 4 is 0 Å². The topological polar surface area (TPSA) is 36.9 Å². The summed E-state index contributed by atoms with van der Waals surface area (Å²) >= 11 is 0. The van der Waals surface area contributed by atoms with E-state index >= 15 is 0 Å². The van der Waals surface area contributed by atoms with Gasteiger partial charge in [0.2, 0.25) is 0 Å². The van der Waals surface area contributed by atoms with E-state index in [0.717, 1.165) is 17.7 Å². The Balaban J connectivity index is 2.14. The Bertz CT molecular complexity index is 557. The quantitative estimate of drug-likeness (QED) is 0.773. The van der Waals surface area contributed by atoms with Crippen LogP contribution < -0.4 is 4.74 Å². The van der Waals surface area contributed by atoms with E-state index in [-0.39, 0.29) is 10.8 Å². The summed E-state index contributed by atoms with van der Waals surface area (Å²) in [7, 11) is 1.66. The second-order valence-electron chi connectivity index (χ2n) is 7.93. The number of benzene rings is 1. The van der Waals surface area contributed by atoms with Crippen molar-refractivity contribution < 1.29 is 19.2 Å². The highest BCUT2D eigenvalue weighted by Gasteiger charge is 2.78. The lowest BCUT2D eigenvalue weighted by Crippen LogP contribution is -2.79. The summed E-state index contributed by atoms with van der Waals surface area (Å²) in [6.07, 6.45) is 0.936. The van der Waals surface area contributed by atoms with Gasteiger partial charge in [0.15, 0.2) is 5.60 Å². The van der Waals surface area contributed by atoms with Gasteiger partial charge in [0.25, 0.3) is 5.79 Å². The molecule has 2 heterocycles. The first-order valence-corrected chi connectivity index (χ1v) is 7.86. The van der Waals surface area contributed by atoms with E-state index in [2.05, 4.69) is 34.6 Å². The van der Waals surface area contributed by atoms with Gasteiger partial charge in [-0.1, -0.05) is 34.6 Å². The summed E-state index contributed by atoms with van der Waals surface area (Å²) < 4.78 is 11.5. The number of rotatable bonds is 2. The van der Waals surface area contributed by atoms with Crippen molar-refractivity contribution in [2.24, 2.45) is 10.8 Å². The zero-order valence-corrected chi connectivity index (χ0v) is 14.4. The Hall–Kier alpha value is -1.10. The lowest BCUT2D eigenvalue weighted by Gasteiger charge is -2.69. The van der Waals surface area contributed by atoms with Crippen LogP contribution in [0, 0.1) is 10.8 Å². The smallest absolute Gasteiger partial charge is 0.261 e. The zero-order chi connectivity index (χ0) is 16.2. The standard InChI is InChI=1S/C18H26O4/c1-15(2,3)18-16(4,5)11-12-20-17(18,21-22-18)13-7-9-14(19-6)10-8-13/h7-10H,11-12H2,1-6H3. The first kappa shape index (κ1) is 15.8. The molecule has 0 radical (unpaired) electrons. The molecule has 2 saturated heterocycles. The molecule has 1 aromatic carbocycles. The molecule has 2 unspecified atom stereocenters. The van der Waals surface area contributed by atoms with Gasteiger partial charge in [0.1, 0.15) is 5.75 Å². The number of fused-ring (bicyclic) bond motifs is 1. The Morgan fingerprint density at radius 2 is 1.68 bits per heavy atom. The van der Waals surface area contributed by atoms with Crippen LogP contribution >= 0.6 is 0 Å². The van der Waals surface area contributed by atoms with Gasteiger partial charge < -0.3 is 9.47 Å². The predicted octanol–water partition coefficient (Wildman–Crippen LogP) is 4.04. The maximum Gasteiger partial charge on any atom is 0.261 e. The molecule has 4 nitrogen and oxygen atoms in total. The molecule has 0 spiro atoms. The minimum atomic E-state index is -0.862. The van der Waals surface area contributed by atoms with E-state index in [1.807, 2.05) is 24.3 Å². The summed E-state index contributed by atoms with van der Waals surface area (Å²) in [5.74, 6) is -0.0453. The molecule has 2 fully saturated rings. The number of hydrogen-bond acceptors (Lipinski definition) is 4. The normalized spacial score (nSPS) is 33.7. The van der Waals surface area contributed by atoms with Gasteiger partial charge in [-0.15, -0.1) is 0 Å². The second-order valence-corrected chi connectivity index (χ2v) is 7.93. The van der Waals surface area contributed by atoms with Gasteiger partial charge in [0.05, 0.1) is 13.7 Å². The molecule has 0 aliphatic carbocycles. The zero-order valence-electron chi connectivity index (χ0n) is 14.4. The van der Waals surface area contributed by atoms with Gasteiger partial charge >= 0.3 is 0 Å². The van der Waals surface area contributed by atoms with Crippen molar-refractivity contribution in [3.63, 3.8) is 0 Å². The van der Waals surface area contributed by atoms with Crippen molar-refractivity contribution in [1.82, 2.24) is 0 Å². The number of hydrogen-bond donors (Lipinski definition) is 0. The van der Waals surface area contributed by atoms with E-state index in [4.69, 9.17) is 19.2 Å². The van der Waals surface area contributed by atoms with Crippen LogP contribution in [0.1, 0.15) is 46.6 Å². The van der Waals surface area contributed by atoms with E-state index in [9.17, 15) is 0 Å². The van der Waals surface area contributed by atoms with Crippen molar-refractivity contribution in [3.8, 4) is 5.75 Å². The third-order valence-electron chi connectivity index (χ3n) is 5.26. The highest BCUT2D eigenvalue weighted by Crippen LogP contribution is 2.67. The average Bonchev–Trinajstić information content (AvgIpc) is 2.40. The Labute approximate surface area is 132 Å². The third kappa shape index (κ3) is 1.75. The molecule has 4 heteroatoms. The van der Waals surface area contributed by atoms with E-state index in [1.165, 1.54) is 0 Å². The molecule has 1 aromatic rings. The van der Waals surface area contributed by atoms with Gasteiger partial charge in [-0.3, -0.25) is 0 Å². The summed E-state index contributed by atoms with van der Waals surface area (Å²) in [4.78, 5) is 11.5. The molecule has 0 N–H and O–H groups in total. The van der Waals surface area contributed by atoms with Crippen LogP contribution in [0.5, 0.6) is 5.75 Å². The average molecular weight is 306 g/mol. The minimum absolute atomic E-state index is 0.0678. The number of ether oxygens (including phenoxy) is 2. The Morgan fingerprint density at radius 3 is 2.14 bits per heavy atom. The van der Waals surface area contributed by atoms with Crippen molar-refractivity contribution in [1.29, 1.82) is 0 Å². The van der Waals surface area contributed by atoms with E-state index < -0.39 is 11.4 Å². The minimum Gasteiger partial charge on any atom is -0.497 e. The first-order valence-electron chi connectivity index (χ1n) is 7.86. The maximum absolute atomic E-state index is 6.20. The van der Waals surface area contributed by atoms with Crippen molar-refractivity contribution in [3.05, 3.63) is 29.8 Å². The predicted molar refractivity (Wildman–Crippen MR) is 83.4 cm³/mol. The fraction of sp³-hybridized carbons (Fsp3) is 0.667. The summed E-state index contributed by atoms with van der Waals surface area (Å²) in [5.41, 5.74) is 0.221.